The molecule has 1 aromatic heterocycles. The molecule has 1 unspecified atom stereocenters. The lowest BCUT2D eigenvalue weighted by molar-refractivity contribution is 0.386. The lowest BCUT2D eigenvalue weighted by atomic mass is 10.0. The van der Waals surface area contributed by atoms with Gasteiger partial charge >= 0.3 is 0 Å². The summed E-state index contributed by atoms with van der Waals surface area (Å²) in [5.74, 6) is 0.701. The summed E-state index contributed by atoms with van der Waals surface area (Å²) in [5, 5.41) is 14.8. The zero-order valence-corrected chi connectivity index (χ0v) is 9.95. The monoisotopic (exact) mass is 223 g/mol. The fourth-order valence-electron chi connectivity index (χ4n) is 2.20. The maximum Gasteiger partial charge on any atom is 0.0964 e. The molecule has 0 spiro atoms. The van der Waals surface area contributed by atoms with E-state index < -0.39 is 0 Å². The van der Waals surface area contributed by atoms with Crippen LogP contribution in [0.3, 0.4) is 0 Å². The Morgan fingerprint density at radius 3 is 3.38 bits per heavy atom. The zero-order valence-electron chi connectivity index (χ0n) is 9.95. The van der Waals surface area contributed by atoms with Gasteiger partial charge in [-0.1, -0.05) is 11.6 Å². The second-order valence-corrected chi connectivity index (χ2v) is 4.53. The number of aromatic nitrogens is 3. The van der Waals surface area contributed by atoms with E-state index in [0.29, 0.717) is 5.92 Å². The predicted octanol–water partition coefficient (Wildman–Crippen LogP) is 0.387. The van der Waals surface area contributed by atoms with Gasteiger partial charge in [0.25, 0.3) is 0 Å². The lowest BCUT2D eigenvalue weighted by Crippen LogP contribution is -2.24. The third-order valence-corrected chi connectivity index (χ3v) is 3.04. The molecule has 1 aliphatic heterocycles. The van der Waals surface area contributed by atoms with Crippen LogP contribution in [0.5, 0.6) is 0 Å². The van der Waals surface area contributed by atoms with E-state index in [0.717, 1.165) is 25.3 Å². The van der Waals surface area contributed by atoms with Crippen molar-refractivity contribution in [1.82, 2.24) is 25.6 Å². The van der Waals surface area contributed by atoms with Crippen LogP contribution in [-0.2, 0) is 13.1 Å². The number of hydrogen-bond donors (Lipinski definition) is 2. The summed E-state index contributed by atoms with van der Waals surface area (Å²) in [6.45, 7) is 4.06. The second kappa shape index (κ2) is 5.96. The summed E-state index contributed by atoms with van der Waals surface area (Å²) in [6, 6.07) is 0. The molecule has 5 heteroatoms. The van der Waals surface area contributed by atoms with E-state index in [2.05, 4.69) is 20.9 Å². The quantitative estimate of drug-likeness (QED) is 0.775. The first kappa shape index (κ1) is 11.5. The predicted molar refractivity (Wildman–Crippen MR) is 63.0 cm³/mol. The molecule has 16 heavy (non-hydrogen) atoms. The molecule has 0 saturated carbocycles. The molecular weight excluding hydrogens is 202 g/mol. The van der Waals surface area contributed by atoms with E-state index >= 15 is 0 Å². The van der Waals surface area contributed by atoms with Gasteiger partial charge in [-0.3, -0.25) is 4.68 Å². The van der Waals surface area contributed by atoms with Gasteiger partial charge in [-0.25, -0.2) is 0 Å². The normalized spacial score (nSPS) is 21.9. The van der Waals surface area contributed by atoms with Gasteiger partial charge in [0.15, 0.2) is 0 Å². The summed E-state index contributed by atoms with van der Waals surface area (Å²) in [5.41, 5.74) is 1.02. The SMILES string of the molecule is CNCc1cn(CC2CCCCNC2)nn1. The van der Waals surface area contributed by atoms with Crippen LogP contribution in [0.25, 0.3) is 0 Å². The maximum atomic E-state index is 4.16. The zero-order chi connectivity index (χ0) is 11.2. The average Bonchev–Trinajstić information content (AvgIpc) is 2.56. The first-order valence-electron chi connectivity index (χ1n) is 6.13. The van der Waals surface area contributed by atoms with Crippen LogP contribution in [0.2, 0.25) is 0 Å². The largest absolute Gasteiger partial charge is 0.316 e. The molecule has 90 valence electrons. The molecule has 2 N–H and O–H groups in total. The van der Waals surface area contributed by atoms with E-state index in [-0.39, 0.29) is 0 Å². The molecule has 0 radical (unpaired) electrons. The fourth-order valence-corrected chi connectivity index (χ4v) is 2.20. The highest BCUT2D eigenvalue weighted by Crippen LogP contribution is 2.13. The molecule has 0 aromatic carbocycles. The van der Waals surface area contributed by atoms with Crippen molar-refractivity contribution in [2.45, 2.75) is 32.4 Å². The smallest absolute Gasteiger partial charge is 0.0964 e. The van der Waals surface area contributed by atoms with Crippen LogP contribution in [0.15, 0.2) is 6.20 Å². The van der Waals surface area contributed by atoms with Crippen LogP contribution < -0.4 is 10.6 Å². The highest BCUT2D eigenvalue weighted by molar-refractivity contribution is 4.91. The van der Waals surface area contributed by atoms with Crippen molar-refractivity contribution in [3.63, 3.8) is 0 Å². The van der Waals surface area contributed by atoms with E-state index in [1.54, 1.807) is 0 Å². The van der Waals surface area contributed by atoms with Gasteiger partial charge in [-0.05, 0) is 38.9 Å². The molecule has 1 atom stereocenters. The number of hydrogen-bond acceptors (Lipinski definition) is 4. The van der Waals surface area contributed by atoms with Crippen molar-refractivity contribution in [2.24, 2.45) is 5.92 Å². The van der Waals surface area contributed by atoms with Gasteiger partial charge in [-0.15, -0.1) is 5.10 Å². The molecule has 1 aliphatic rings. The van der Waals surface area contributed by atoms with Crippen molar-refractivity contribution in [2.75, 3.05) is 20.1 Å². The second-order valence-electron chi connectivity index (χ2n) is 4.53. The van der Waals surface area contributed by atoms with Crippen molar-refractivity contribution in [3.8, 4) is 0 Å². The Labute approximate surface area is 96.6 Å². The highest BCUT2D eigenvalue weighted by Gasteiger charge is 2.13. The van der Waals surface area contributed by atoms with Gasteiger partial charge in [-0.2, -0.15) is 0 Å². The van der Waals surface area contributed by atoms with Crippen molar-refractivity contribution < 1.29 is 0 Å². The molecule has 0 aliphatic carbocycles. The van der Waals surface area contributed by atoms with Crippen molar-refractivity contribution in [1.29, 1.82) is 0 Å². The number of nitrogens with zero attached hydrogens (tertiary/aromatic N) is 3. The van der Waals surface area contributed by atoms with Crippen LogP contribution >= 0.6 is 0 Å². The fraction of sp³-hybridized carbons (Fsp3) is 0.818. The molecule has 0 bridgehead atoms. The summed E-state index contributed by atoms with van der Waals surface area (Å²) < 4.78 is 1.98. The average molecular weight is 223 g/mol. The van der Waals surface area contributed by atoms with Gasteiger partial charge < -0.3 is 10.6 Å². The Bertz CT molecular complexity index is 301. The molecule has 1 saturated heterocycles. The third kappa shape index (κ3) is 3.28. The van der Waals surface area contributed by atoms with Crippen LogP contribution in [0, 0.1) is 5.92 Å². The molecule has 1 fully saturated rings. The highest BCUT2D eigenvalue weighted by atomic mass is 15.4. The molecule has 5 nitrogen and oxygen atoms in total. The molecular formula is C11H21N5. The minimum atomic E-state index is 0.701. The van der Waals surface area contributed by atoms with Crippen LogP contribution in [0.4, 0.5) is 0 Å². The summed E-state index contributed by atoms with van der Waals surface area (Å²) >= 11 is 0. The Morgan fingerprint density at radius 1 is 1.56 bits per heavy atom. The Morgan fingerprint density at radius 2 is 2.50 bits per heavy atom. The Hall–Kier alpha value is -0.940. The minimum Gasteiger partial charge on any atom is -0.316 e. The van der Waals surface area contributed by atoms with Gasteiger partial charge in [0.05, 0.1) is 5.69 Å². The minimum absolute atomic E-state index is 0.701. The van der Waals surface area contributed by atoms with E-state index in [9.17, 15) is 0 Å². The molecule has 2 heterocycles. The Kier molecular flexibility index (Phi) is 4.30. The van der Waals surface area contributed by atoms with Gasteiger partial charge in [0, 0.05) is 19.3 Å². The summed E-state index contributed by atoms with van der Waals surface area (Å²) in [6.07, 6.45) is 5.98. The Balaban J connectivity index is 1.86. The topological polar surface area (TPSA) is 54.8 Å². The first-order chi connectivity index (χ1) is 7.88. The summed E-state index contributed by atoms with van der Waals surface area (Å²) in [4.78, 5) is 0. The molecule has 0 amide bonds. The maximum absolute atomic E-state index is 4.16. The first-order valence-corrected chi connectivity index (χ1v) is 6.13. The van der Waals surface area contributed by atoms with E-state index in [4.69, 9.17) is 0 Å². The molecule has 2 rings (SSSR count). The lowest BCUT2D eigenvalue weighted by Gasteiger charge is -2.13. The van der Waals surface area contributed by atoms with Crippen LogP contribution in [-0.4, -0.2) is 35.1 Å². The van der Waals surface area contributed by atoms with Gasteiger partial charge in [0.1, 0.15) is 0 Å². The standard InChI is InChI=1S/C11H21N5/c1-12-7-11-9-16(15-14-11)8-10-4-2-3-5-13-6-10/h9-10,12-13H,2-8H2,1H3. The van der Waals surface area contributed by atoms with E-state index in [1.165, 1.54) is 25.8 Å². The van der Waals surface area contributed by atoms with Crippen LogP contribution in [0.1, 0.15) is 25.0 Å². The molecule has 1 aromatic rings. The van der Waals surface area contributed by atoms with Gasteiger partial charge in [0.2, 0.25) is 0 Å². The number of rotatable bonds is 4. The van der Waals surface area contributed by atoms with Crippen molar-refractivity contribution in [3.05, 3.63) is 11.9 Å². The summed E-state index contributed by atoms with van der Waals surface area (Å²) in [7, 11) is 1.92. The van der Waals surface area contributed by atoms with E-state index in [1.807, 2.05) is 17.9 Å². The number of nitrogens with one attached hydrogen (secondary N) is 2. The third-order valence-electron chi connectivity index (χ3n) is 3.04. The van der Waals surface area contributed by atoms with Crippen molar-refractivity contribution >= 4 is 0 Å².